The minimum Gasteiger partial charge on any atom is -0.284 e. The molecule has 0 unspecified atom stereocenters. The van der Waals surface area contributed by atoms with Gasteiger partial charge in [0.25, 0.3) is 9.63 Å². The highest BCUT2D eigenvalue weighted by molar-refractivity contribution is 9.10. The van der Waals surface area contributed by atoms with Crippen molar-refractivity contribution in [2.45, 2.75) is 58.1 Å². The molecule has 2 aromatic carbocycles. The number of halogens is 1. The Bertz CT molecular complexity index is 1310. The van der Waals surface area contributed by atoms with Crippen LogP contribution in [0.4, 0.5) is 0 Å². The largest absolute Gasteiger partial charge is 0.298 e. The number of aryl methyl sites for hydroxylation is 6. The normalized spacial score (nSPS) is 10.2. The minimum atomic E-state index is 0.669. The van der Waals surface area contributed by atoms with Crippen LogP contribution in [0, 0.1) is 41.5 Å². The molecule has 0 aliphatic heterocycles. The van der Waals surface area contributed by atoms with Gasteiger partial charge in [-0.1, -0.05) is 47.5 Å². The second-order valence-corrected chi connectivity index (χ2v) is 11.0. The van der Waals surface area contributed by atoms with Gasteiger partial charge < -0.3 is 0 Å². The second kappa shape index (κ2) is 15.1. The fraction of sp³-hybridized carbons (Fsp3) is 0.267. The van der Waals surface area contributed by atoms with Gasteiger partial charge in [-0.3, -0.25) is 10.4 Å². The highest BCUT2D eigenvalue weighted by Crippen LogP contribution is 2.22. The van der Waals surface area contributed by atoms with Crippen LogP contribution in [-0.2, 0) is 11.5 Å². The summed E-state index contributed by atoms with van der Waals surface area (Å²) in [5, 5.41) is 19.8. The molecule has 37 heavy (non-hydrogen) atoms. The van der Waals surface area contributed by atoms with E-state index < -0.39 is 0 Å². The van der Waals surface area contributed by atoms with Gasteiger partial charge in [0.2, 0.25) is 11.4 Å². The van der Waals surface area contributed by atoms with E-state index in [-0.39, 0.29) is 0 Å². The smallest absolute Gasteiger partial charge is 0.284 e. The zero-order valence-electron chi connectivity index (χ0n) is 22.4. The van der Waals surface area contributed by atoms with Crippen LogP contribution in [0.2, 0.25) is 0 Å². The predicted octanol–water partition coefficient (Wildman–Crippen LogP) is 7.44. The van der Waals surface area contributed by atoms with Crippen LogP contribution in [0.5, 0.6) is 0 Å². The molecule has 0 spiro atoms. The van der Waals surface area contributed by atoms with Crippen LogP contribution in [0.1, 0.15) is 44.8 Å². The Balaban J connectivity index is 0.000000214. The summed E-state index contributed by atoms with van der Waals surface area (Å²) in [7, 11) is 0. The molecule has 2 aromatic heterocycles. The summed E-state index contributed by atoms with van der Waals surface area (Å²) in [5.41, 5.74) is 9.54. The predicted molar refractivity (Wildman–Crippen MR) is 159 cm³/mol. The summed E-state index contributed by atoms with van der Waals surface area (Å²) in [6, 6.07) is 24.2. The summed E-state index contributed by atoms with van der Waals surface area (Å²) >= 11 is 9.04. The zero-order chi connectivity index (χ0) is 27.5. The standard InChI is InChI=1S/C15H18NOS.C9H12S.C6H7BrNO/c1-11-7-8-12(2)14(9-11)10-18-15-6-4-5-13(3)16(15)17;1-7-3-4-8(2)9(5-7)6-10;1-5-3-2-4-6(7)8(5)9/h4-9,17H,10H2,1-3H3;3-5,10H,6H2,1-2H3;2-4,9H,1H3/q+1;;+1. The van der Waals surface area contributed by atoms with Gasteiger partial charge in [0.05, 0.1) is 0 Å². The number of hydrogen-bond acceptors (Lipinski definition) is 4. The van der Waals surface area contributed by atoms with Crippen LogP contribution >= 0.6 is 40.3 Å². The van der Waals surface area contributed by atoms with Crippen LogP contribution in [0.3, 0.4) is 0 Å². The van der Waals surface area contributed by atoms with E-state index in [1.165, 1.54) is 38.1 Å². The van der Waals surface area contributed by atoms with Gasteiger partial charge in [-0.2, -0.15) is 12.6 Å². The molecule has 0 atom stereocenters. The average Bonchev–Trinajstić information content (AvgIpc) is 2.87. The first-order valence-electron chi connectivity index (χ1n) is 12.0. The molecule has 7 heteroatoms. The summed E-state index contributed by atoms with van der Waals surface area (Å²) in [4.78, 5) is 0. The van der Waals surface area contributed by atoms with Crippen LogP contribution in [-0.4, -0.2) is 10.4 Å². The van der Waals surface area contributed by atoms with E-state index in [1.54, 1.807) is 17.8 Å². The maximum Gasteiger partial charge on any atom is 0.298 e. The summed E-state index contributed by atoms with van der Waals surface area (Å²) < 4.78 is 3.00. The SMILES string of the molecule is Cc1ccc(C)c(CS)c1.Cc1ccc(C)c(CSc2cccc(C)[n+]2O)c1.Cc1cccc(Br)[n+]1O. The van der Waals surface area contributed by atoms with E-state index in [0.29, 0.717) is 4.60 Å². The molecule has 2 heterocycles. The Kier molecular flexibility index (Phi) is 12.5. The van der Waals surface area contributed by atoms with Crippen molar-refractivity contribution in [2.24, 2.45) is 0 Å². The minimum absolute atomic E-state index is 0.669. The maximum absolute atomic E-state index is 9.90. The van der Waals surface area contributed by atoms with E-state index >= 15 is 0 Å². The van der Waals surface area contributed by atoms with Crippen molar-refractivity contribution in [3.8, 4) is 0 Å². The molecular weight excluding hydrogens is 564 g/mol. The molecule has 0 aliphatic rings. The van der Waals surface area contributed by atoms with Crippen molar-refractivity contribution < 1.29 is 19.9 Å². The first-order valence-corrected chi connectivity index (χ1v) is 14.4. The summed E-state index contributed by atoms with van der Waals surface area (Å²) in [5.74, 6) is 1.71. The van der Waals surface area contributed by atoms with Gasteiger partial charge in [-0.25, -0.2) is 0 Å². The fourth-order valence-electron chi connectivity index (χ4n) is 3.35. The quantitative estimate of drug-likeness (QED) is 0.0749. The lowest BCUT2D eigenvalue weighted by Crippen LogP contribution is -2.35. The molecular formula is C30H37BrN2O2S2+2. The van der Waals surface area contributed by atoms with Gasteiger partial charge in [0.1, 0.15) is 0 Å². The number of pyridine rings is 2. The summed E-state index contributed by atoms with van der Waals surface area (Å²) in [6.45, 7) is 12.2. The van der Waals surface area contributed by atoms with Crippen molar-refractivity contribution >= 4 is 40.3 Å². The Morgan fingerprint density at radius 2 is 1.22 bits per heavy atom. The van der Waals surface area contributed by atoms with E-state index in [9.17, 15) is 5.21 Å². The van der Waals surface area contributed by atoms with Gasteiger partial charge in [-0.15, -0.1) is 0 Å². The monoisotopic (exact) mass is 600 g/mol. The summed E-state index contributed by atoms with van der Waals surface area (Å²) in [6.07, 6.45) is 0. The van der Waals surface area contributed by atoms with Crippen molar-refractivity contribution in [2.75, 3.05) is 0 Å². The van der Waals surface area contributed by atoms with Gasteiger partial charge >= 0.3 is 0 Å². The number of nitrogens with zero attached hydrogens (tertiary/aromatic N) is 2. The first-order chi connectivity index (χ1) is 17.5. The number of hydrogen-bond donors (Lipinski definition) is 3. The topological polar surface area (TPSA) is 48.2 Å². The third-order valence-corrected chi connectivity index (χ3v) is 7.78. The Morgan fingerprint density at radius 1 is 0.703 bits per heavy atom. The molecule has 0 aliphatic carbocycles. The molecule has 4 aromatic rings. The number of rotatable bonds is 4. The molecule has 0 saturated carbocycles. The molecule has 4 nitrogen and oxygen atoms in total. The lowest BCUT2D eigenvalue weighted by molar-refractivity contribution is -0.936. The van der Waals surface area contributed by atoms with Crippen molar-refractivity contribution in [3.63, 3.8) is 0 Å². The highest BCUT2D eigenvalue weighted by atomic mass is 79.9. The zero-order valence-corrected chi connectivity index (χ0v) is 25.7. The van der Waals surface area contributed by atoms with E-state index in [1.807, 2.05) is 44.2 Å². The number of aromatic nitrogens is 2. The first kappa shape index (κ1) is 30.7. The highest BCUT2D eigenvalue weighted by Gasteiger charge is 2.14. The van der Waals surface area contributed by atoms with Crippen molar-refractivity contribution in [1.29, 1.82) is 0 Å². The van der Waals surface area contributed by atoms with Gasteiger partial charge in [0.15, 0.2) is 0 Å². The molecule has 0 radical (unpaired) electrons. The van der Waals surface area contributed by atoms with E-state index in [0.717, 1.165) is 32.6 Å². The lowest BCUT2D eigenvalue weighted by Gasteiger charge is -2.05. The Labute approximate surface area is 239 Å². The van der Waals surface area contributed by atoms with Crippen molar-refractivity contribution in [1.82, 2.24) is 0 Å². The number of thiol groups is 1. The second-order valence-electron chi connectivity index (χ2n) is 8.93. The molecule has 0 amide bonds. The molecule has 196 valence electrons. The van der Waals surface area contributed by atoms with Crippen LogP contribution in [0.15, 0.2) is 82.4 Å². The van der Waals surface area contributed by atoms with Gasteiger partial charge in [0, 0.05) is 75.0 Å². The maximum atomic E-state index is 9.90. The molecule has 0 bridgehead atoms. The number of thioether (sulfide) groups is 1. The third kappa shape index (κ3) is 9.72. The van der Waals surface area contributed by atoms with E-state index in [4.69, 9.17) is 5.21 Å². The Hall–Kier alpha value is -2.48. The van der Waals surface area contributed by atoms with Crippen molar-refractivity contribution in [3.05, 3.63) is 122 Å². The lowest BCUT2D eigenvalue weighted by atomic mass is 10.1. The third-order valence-electron chi connectivity index (χ3n) is 5.78. The van der Waals surface area contributed by atoms with Gasteiger partial charge in [-0.05, 0) is 73.8 Å². The van der Waals surface area contributed by atoms with Crippen LogP contribution < -0.4 is 9.46 Å². The average molecular weight is 602 g/mol. The van der Waals surface area contributed by atoms with E-state index in [2.05, 4.69) is 92.7 Å². The molecule has 0 saturated heterocycles. The van der Waals surface area contributed by atoms with Crippen LogP contribution in [0.25, 0.3) is 0 Å². The molecule has 4 rings (SSSR count). The number of benzene rings is 2. The molecule has 0 fully saturated rings. The fourth-order valence-corrected chi connectivity index (χ4v) is 5.18. The molecule has 2 N–H and O–H groups in total. The Morgan fingerprint density at radius 3 is 1.73 bits per heavy atom.